The fourth-order valence-corrected chi connectivity index (χ4v) is 4.17. The lowest BCUT2D eigenvalue weighted by Gasteiger charge is -2.21. The normalized spacial score (nSPS) is 11.0. The van der Waals surface area contributed by atoms with Crippen LogP contribution in [0.15, 0.2) is 71.1 Å². The van der Waals surface area contributed by atoms with Crippen LogP contribution in [0.1, 0.15) is 6.92 Å². The maximum atomic E-state index is 13.2. The van der Waals surface area contributed by atoms with Gasteiger partial charge in [0.05, 0.1) is 11.7 Å². The van der Waals surface area contributed by atoms with Crippen LogP contribution in [0.3, 0.4) is 0 Å². The van der Waals surface area contributed by atoms with E-state index in [1.54, 1.807) is 12.1 Å². The lowest BCUT2D eigenvalue weighted by molar-refractivity contribution is -0.119. The second-order valence-corrected chi connectivity index (χ2v) is 7.35. The van der Waals surface area contributed by atoms with Gasteiger partial charge in [0.25, 0.3) is 5.56 Å². The van der Waals surface area contributed by atoms with Crippen molar-refractivity contribution in [1.29, 1.82) is 0 Å². The van der Waals surface area contributed by atoms with E-state index in [4.69, 9.17) is 0 Å². The Kier molecular flexibility index (Phi) is 5.22. The number of anilines is 1. The minimum atomic E-state index is -0.367. The van der Waals surface area contributed by atoms with E-state index in [1.165, 1.54) is 39.3 Å². The number of fused-ring (bicyclic) bond motifs is 1. The lowest BCUT2D eigenvalue weighted by Crippen LogP contribution is -2.36. The van der Waals surface area contributed by atoms with Crippen LogP contribution in [-0.2, 0) is 11.3 Å². The van der Waals surface area contributed by atoms with E-state index in [9.17, 15) is 14.0 Å². The quantitative estimate of drug-likeness (QED) is 0.495. The zero-order valence-corrected chi connectivity index (χ0v) is 16.5. The first-order valence-corrected chi connectivity index (χ1v) is 10.0. The molecule has 4 rings (SSSR count). The molecule has 0 fully saturated rings. The highest BCUT2D eigenvalue weighted by molar-refractivity contribution is 7.17. The number of halogens is 1. The number of carbonyl (C=O) groups is 1. The van der Waals surface area contributed by atoms with Crippen molar-refractivity contribution >= 4 is 33.1 Å². The molecule has 4 aromatic rings. The topological polar surface area (TPSA) is 55.2 Å². The van der Waals surface area contributed by atoms with Gasteiger partial charge in [-0.05, 0) is 36.8 Å². The average Bonchev–Trinajstić information content (AvgIpc) is 3.18. The molecule has 0 aliphatic rings. The zero-order chi connectivity index (χ0) is 20.4. The van der Waals surface area contributed by atoms with Crippen LogP contribution >= 0.6 is 11.3 Å². The molecule has 0 saturated carbocycles. The first kappa shape index (κ1) is 19.0. The van der Waals surface area contributed by atoms with Gasteiger partial charge in [0, 0.05) is 23.2 Å². The molecular weight excluding hydrogens is 389 g/mol. The van der Waals surface area contributed by atoms with Crippen LogP contribution in [0, 0.1) is 5.82 Å². The summed E-state index contributed by atoms with van der Waals surface area (Å²) in [6.45, 7) is 2.09. The number of nitrogens with zero attached hydrogens (tertiary/aromatic N) is 3. The molecule has 1 amide bonds. The first-order chi connectivity index (χ1) is 14.1. The highest BCUT2D eigenvalue weighted by atomic mass is 32.1. The first-order valence-electron chi connectivity index (χ1n) is 9.16. The Morgan fingerprint density at radius 2 is 1.86 bits per heavy atom. The molecule has 2 heterocycles. The number of amides is 1. The molecule has 0 radical (unpaired) electrons. The van der Waals surface area contributed by atoms with Gasteiger partial charge in [-0.3, -0.25) is 14.2 Å². The lowest BCUT2D eigenvalue weighted by atomic mass is 10.1. The van der Waals surface area contributed by atoms with Crippen molar-refractivity contribution < 1.29 is 9.18 Å². The molecule has 0 spiro atoms. The summed E-state index contributed by atoms with van der Waals surface area (Å²) in [6.07, 6.45) is 1.41. The summed E-state index contributed by atoms with van der Waals surface area (Å²) in [7, 11) is 0. The van der Waals surface area contributed by atoms with Crippen molar-refractivity contribution in [3.05, 3.63) is 82.5 Å². The third-order valence-corrected chi connectivity index (χ3v) is 5.59. The number of carbonyl (C=O) groups excluding carboxylic acids is 1. The molecular formula is C22H18FN3O2S. The molecule has 29 heavy (non-hydrogen) atoms. The van der Waals surface area contributed by atoms with Gasteiger partial charge in [-0.25, -0.2) is 9.37 Å². The number of thiophene rings is 1. The van der Waals surface area contributed by atoms with Crippen LogP contribution in [0.5, 0.6) is 0 Å². The molecule has 0 bridgehead atoms. The van der Waals surface area contributed by atoms with E-state index < -0.39 is 0 Å². The number of benzene rings is 2. The fraction of sp³-hybridized carbons (Fsp3) is 0.136. The van der Waals surface area contributed by atoms with Crippen LogP contribution < -0.4 is 10.5 Å². The van der Waals surface area contributed by atoms with Crippen LogP contribution in [0.2, 0.25) is 0 Å². The minimum Gasteiger partial charge on any atom is -0.311 e. The van der Waals surface area contributed by atoms with E-state index in [1.807, 2.05) is 42.6 Å². The average molecular weight is 407 g/mol. The van der Waals surface area contributed by atoms with E-state index in [0.29, 0.717) is 22.4 Å². The highest BCUT2D eigenvalue weighted by Gasteiger charge is 2.18. The van der Waals surface area contributed by atoms with E-state index in [0.717, 1.165) is 11.1 Å². The van der Waals surface area contributed by atoms with Crippen LogP contribution in [0.4, 0.5) is 10.1 Å². The third kappa shape index (κ3) is 3.69. The predicted octanol–water partition coefficient (Wildman–Crippen LogP) is 4.32. The Hall–Kier alpha value is -3.32. The summed E-state index contributed by atoms with van der Waals surface area (Å²) in [5.41, 5.74) is 2.08. The maximum Gasteiger partial charge on any atom is 0.263 e. The molecule has 0 aliphatic heterocycles. The molecule has 5 nitrogen and oxygen atoms in total. The summed E-state index contributed by atoms with van der Waals surface area (Å²) in [4.78, 5) is 32.5. The smallest absolute Gasteiger partial charge is 0.263 e. The summed E-state index contributed by atoms with van der Waals surface area (Å²) in [5.74, 6) is -0.632. The maximum absolute atomic E-state index is 13.2. The van der Waals surface area contributed by atoms with Gasteiger partial charge in [-0.1, -0.05) is 30.3 Å². The Morgan fingerprint density at radius 1 is 1.14 bits per heavy atom. The van der Waals surface area contributed by atoms with Crippen molar-refractivity contribution in [2.75, 3.05) is 11.4 Å². The summed E-state index contributed by atoms with van der Waals surface area (Å²) >= 11 is 1.40. The van der Waals surface area contributed by atoms with Gasteiger partial charge in [0.2, 0.25) is 5.91 Å². The van der Waals surface area contributed by atoms with Crippen molar-refractivity contribution in [3.63, 3.8) is 0 Å². The molecule has 0 aliphatic carbocycles. The number of likely N-dealkylation sites (N-methyl/N-ethyl adjacent to an activating group) is 1. The number of aromatic nitrogens is 2. The molecule has 2 aromatic carbocycles. The Morgan fingerprint density at radius 3 is 2.55 bits per heavy atom. The summed E-state index contributed by atoms with van der Waals surface area (Å²) in [6, 6.07) is 15.3. The summed E-state index contributed by atoms with van der Waals surface area (Å²) in [5, 5.41) is 2.43. The monoisotopic (exact) mass is 407 g/mol. The summed E-state index contributed by atoms with van der Waals surface area (Å²) < 4.78 is 14.5. The Labute approximate surface area is 170 Å². The van der Waals surface area contributed by atoms with Crippen molar-refractivity contribution in [3.8, 4) is 11.1 Å². The second-order valence-electron chi connectivity index (χ2n) is 6.49. The number of rotatable bonds is 5. The number of hydrogen-bond acceptors (Lipinski definition) is 4. The van der Waals surface area contributed by atoms with Crippen LogP contribution in [0.25, 0.3) is 21.3 Å². The molecule has 2 aromatic heterocycles. The number of hydrogen-bond donors (Lipinski definition) is 0. The van der Waals surface area contributed by atoms with Gasteiger partial charge >= 0.3 is 0 Å². The largest absolute Gasteiger partial charge is 0.311 e. The van der Waals surface area contributed by atoms with Gasteiger partial charge in [-0.15, -0.1) is 11.3 Å². The molecule has 0 N–H and O–H groups in total. The predicted molar refractivity (Wildman–Crippen MR) is 114 cm³/mol. The molecule has 0 saturated heterocycles. The Bertz CT molecular complexity index is 1220. The SMILES string of the molecule is CCN(C(=O)Cn1cnc2scc(-c3ccccc3)c2c1=O)c1ccc(F)cc1. The fourth-order valence-electron chi connectivity index (χ4n) is 3.27. The van der Waals surface area contributed by atoms with Gasteiger partial charge in [-0.2, -0.15) is 0 Å². The second kappa shape index (κ2) is 7.97. The van der Waals surface area contributed by atoms with Crippen molar-refractivity contribution in [2.24, 2.45) is 0 Å². The van der Waals surface area contributed by atoms with E-state index in [-0.39, 0.29) is 23.8 Å². The van der Waals surface area contributed by atoms with Crippen LogP contribution in [-0.4, -0.2) is 22.0 Å². The molecule has 0 unspecified atom stereocenters. The molecule has 146 valence electrons. The Balaban J connectivity index is 1.69. The van der Waals surface area contributed by atoms with Gasteiger partial charge < -0.3 is 4.90 Å². The van der Waals surface area contributed by atoms with E-state index >= 15 is 0 Å². The van der Waals surface area contributed by atoms with Crippen molar-refractivity contribution in [1.82, 2.24) is 9.55 Å². The van der Waals surface area contributed by atoms with Gasteiger partial charge in [0.1, 0.15) is 17.2 Å². The minimum absolute atomic E-state index is 0.142. The highest BCUT2D eigenvalue weighted by Crippen LogP contribution is 2.30. The van der Waals surface area contributed by atoms with Crippen molar-refractivity contribution in [2.45, 2.75) is 13.5 Å². The molecule has 7 heteroatoms. The van der Waals surface area contributed by atoms with E-state index in [2.05, 4.69) is 4.98 Å². The third-order valence-electron chi connectivity index (χ3n) is 4.71. The standard InChI is InChI=1S/C22H18FN3O2S/c1-2-26(17-10-8-16(23)9-11-17)19(27)12-25-14-24-21-20(22(25)28)18(13-29-21)15-6-4-3-5-7-15/h3-11,13-14H,2,12H2,1H3. The van der Waals surface area contributed by atoms with Gasteiger partial charge in [0.15, 0.2) is 0 Å². The zero-order valence-electron chi connectivity index (χ0n) is 15.7. The molecule has 0 atom stereocenters.